The monoisotopic (exact) mass is 496 g/mol. The molecule has 3 aromatic heterocycles. The Morgan fingerprint density at radius 3 is 2.33 bits per heavy atom. The van der Waals surface area contributed by atoms with Crippen LogP contribution in [0.15, 0.2) is 82.7 Å². The van der Waals surface area contributed by atoms with Crippen molar-refractivity contribution in [2.75, 3.05) is 7.11 Å². The van der Waals surface area contributed by atoms with Gasteiger partial charge in [-0.2, -0.15) is 4.98 Å². The summed E-state index contributed by atoms with van der Waals surface area (Å²) in [4.78, 5) is 8.96. The van der Waals surface area contributed by atoms with Gasteiger partial charge < -0.3 is 9.26 Å². The molecule has 0 unspecified atom stereocenters. The minimum absolute atomic E-state index is 0.345. The standard InChI is InChI=1S/C27H24N6O2S/c1-18-4-6-19(7-5-18)23-29-25(35-32-23)27(14-3-15-27)36-26-31-30-24(20-12-16-28-17-13-20)33(26)21-8-10-22(34-2)11-9-21/h4-13,16-17H,3,14-15H2,1-2H3. The van der Waals surface area contributed by atoms with Gasteiger partial charge in [0.05, 0.1) is 7.11 Å². The number of thioether (sulfide) groups is 1. The molecule has 5 aromatic rings. The molecule has 1 fully saturated rings. The first-order chi connectivity index (χ1) is 17.6. The van der Waals surface area contributed by atoms with Crippen molar-refractivity contribution in [3.05, 3.63) is 84.5 Å². The summed E-state index contributed by atoms with van der Waals surface area (Å²) in [5.41, 5.74) is 4.01. The molecule has 180 valence electrons. The van der Waals surface area contributed by atoms with Crippen LogP contribution in [0.5, 0.6) is 5.75 Å². The summed E-state index contributed by atoms with van der Waals surface area (Å²) >= 11 is 1.64. The highest BCUT2D eigenvalue weighted by Crippen LogP contribution is 2.55. The van der Waals surface area contributed by atoms with E-state index in [9.17, 15) is 0 Å². The summed E-state index contributed by atoms with van der Waals surface area (Å²) < 4.78 is 12.9. The quantitative estimate of drug-likeness (QED) is 0.276. The number of pyridine rings is 1. The van der Waals surface area contributed by atoms with E-state index in [4.69, 9.17) is 14.2 Å². The van der Waals surface area contributed by atoms with Gasteiger partial charge in [-0.05, 0) is 62.6 Å². The predicted molar refractivity (Wildman–Crippen MR) is 137 cm³/mol. The fourth-order valence-corrected chi connectivity index (χ4v) is 5.63. The lowest BCUT2D eigenvalue weighted by Gasteiger charge is -2.36. The molecule has 0 radical (unpaired) electrons. The normalized spacial score (nSPS) is 14.4. The second-order valence-electron chi connectivity index (χ2n) is 8.81. The number of rotatable bonds is 7. The summed E-state index contributed by atoms with van der Waals surface area (Å²) in [5, 5.41) is 14.2. The van der Waals surface area contributed by atoms with Crippen LogP contribution in [0.1, 0.15) is 30.7 Å². The number of aryl methyl sites for hydroxylation is 1. The molecular formula is C27H24N6O2S. The molecule has 0 bridgehead atoms. The van der Waals surface area contributed by atoms with E-state index in [1.54, 1.807) is 31.3 Å². The maximum absolute atomic E-state index is 5.83. The zero-order valence-corrected chi connectivity index (χ0v) is 20.8. The van der Waals surface area contributed by atoms with Crippen molar-refractivity contribution in [1.82, 2.24) is 29.9 Å². The molecule has 3 heterocycles. The summed E-state index contributed by atoms with van der Waals surface area (Å²) in [6.07, 6.45) is 6.45. The van der Waals surface area contributed by atoms with E-state index in [-0.39, 0.29) is 4.75 Å². The number of methoxy groups -OCH3 is 1. The van der Waals surface area contributed by atoms with E-state index in [1.807, 2.05) is 48.5 Å². The van der Waals surface area contributed by atoms with Gasteiger partial charge in [0.1, 0.15) is 10.5 Å². The maximum Gasteiger partial charge on any atom is 0.243 e. The Morgan fingerprint density at radius 1 is 0.917 bits per heavy atom. The van der Waals surface area contributed by atoms with Crippen molar-refractivity contribution in [3.63, 3.8) is 0 Å². The van der Waals surface area contributed by atoms with Crippen molar-refractivity contribution in [2.24, 2.45) is 0 Å². The molecule has 36 heavy (non-hydrogen) atoms. The largest absolute Gasteiger partial charge is 0.497 e. The first-order valence-corrected chi connectivity index (χ1v) is 12.6. The first kappa shape index (κ1) is 22.5. The minimum atomic E-state index is -0.345. The van der Waals surface area contributed by atoms with E-state index in [2.05, 4.69) is 44.0 Å². The second kappa shape index (κ2) is 9.23. The Balaban J connectivity index is 1.39. The van der Waals surface area contributed by atoms with Gasteiger partial charge in [-0.3, -0.25) is 9.55 Å². The van der Waals surface area contributed by atoms with Crippen molar-refractivity contribution in [2.45, 2.75) is 36.1 Å². The van der Waals surface area contributed by atoms with Crippen LogP contribution in [0.2, 0.25) is 0 Å². The third-order valence-corrected chi connectivity index (χ3v) is 7.90. The first-order valence-electron chi connectivity index (χ1n) is 11.8. The lowest BCUT2D eigenvalue weighted by Crippen LogP contribution is -2.31. The van der Waals surface area contributed by atoms with E-state index >= 15 is 0 Å². The predicted octanol–water partition coefficient (Wildman–Crippen LogP) is 5.87. The summed E-state index contributed by atoms with van der Waals surface area (Å²) in [7, 11) is 1.66. The fraction of sp³-hybridized carbons (Fsp3) is 0.222. The highest BCUT2D eigenvalue weighted by molar-refractivity contribution is 8.00. The number of ether oxygens (including phenoxy) is 1. The zero-order valence-electron chi connectivity index (χ0n) is 20.0. The molecular weight excluding hydrogens is 472 g/mol. The smallest absolute Gasteiger partial charge is 0.243 e. The Kier molecular flexibility index (Phi) is 5.77. The maximum atomic E-state index is 5.83. The molecule has 9 heteroatoms. The molecule has 2 aromatic carbocycles. The molecule has 1 saturated carbocycles. The zero-order chi connectivity index (χ0) is 24.5. The molecule has 1 aliphatic carbocycles. The Hall–Kier alpha value is -3.98. The second-order valence-corrected chi connectivity index (χ2v) is 10.2. The number of hydrogen-bond donors (Lipinski definition) is 0. The van der Waals surface area contributed by atoms with Crippen LogP contribution in [0, 0.1) is 6.92 Å². The van der Waals surface area contributed by atoms with Crippen LogP contribution < -0.4 is 4.74 Å². The van der Waals surface area contributed by atoms with Crippen LogP contribution in [0.4, 0.5) is 0 Å². The Bertz CT molecular complexity index is 1480. The Morgan fingerprint density at radius 2 is 1.67 bits per heavy atom. The molecule has 1 aliphatic rings. The lowest BCUT2D eigenvalue weighted by molar-refractivity contribution is 0.264. The van der Waals surface area contributed by atoms with Gasteiger partial charge in [0, 0.05) is 29.2 Å². The van der Waals surface area contributed by atoms with Crippen molar-refractivity contribution in [1.29, 1.82) is 0 Å². The van der Waals surface area contributed by atoms with Gasteiger partial charge >= 0.3 is 0 Å². The summed E-state index contributed by atoms with van der Waals surface area (Å²) in [5.74, 6) is 2.76. The molecule has 0 N–H and O–H groups in total. The Labute approximate surface area is 212 Å². The molecule has 0 atom stereocenters. The average Bonchev–Trinajstić information content (AvgIpc) is 3.55. The molecule has 0 aliphatic heterocycles. The van der Waals surface area contributed by atoms with Crippen LogP contribution in [0.25, 0.3) is 28.5 Å². The van der Waals surface area contributed by atoms with Gasteiger partial charge in [-0.1, -0.05) is 46.7 Å². The van der Waals surface area contributed by atoms with Crippen LogP contribution in [-0.2, 0) is 4.75 Å². The highest BCUT2D eigenvalue weighted by Gasteiger charge is 2.46. The number of aromatic nitrogens is 6. The topological polar surface area (TPSA) is 91.8 Å². The van der Waals surface area contributed by atoms with Gasteiger partial charge in [0.15, 0.2) is 11.0 Å². The lowest BCUT2D eigenvalue weighted by atomic mass is 9.84. The van der Waals surface area contributed by atoms with Gasteiger partial charge in [0.25, 0.3) is 0 Å². The summed E-state index contributed by atoms with van der Waals surface area (Å²) in [6.45, 7) is 2.06. The molecule has 0 saturated heterocycles. The SMILES string of the molecule is COc1ccc(-n2c(SC3(c4nc(-c5ccc(C)cc5)no4)CCC3)nnc2-c2ccncc2)cc1. The van der Waals surface area contributed by atoms with Gasteiger partial charge in [-0.25, -0.2) is 0 Å². The molecule has 0 spiro atoms. The fourth-order valence-electron chi connectivity index (χ4n) is 4.25. The van der Waals surface area contributed by atoms with E-state index < -0.39 is 0 Å². The van der Waals surface area contributed by atoms with Crippen molar-refractivity contribution >= 4 is 11.8 Å². The van der Waals surface area contributed by atoms with E-state index in [1.165, 1.54) is 5.56 Å². The highest BCUT2D eigenvalue weighted by atomic mass is 32.2. The summed E-state index contributed by atoms with van der Waals surface area (Å²) in [6, 6.07) is 19.9. The number of nitrogens with zero attached hydrogens (tertiary/aromatic N) is 6. The van der Waals surface area contributed by atoms with Crippen LogP contribution in [-0.4, -0.2) is 37.0 Å². The van der Waals surface area contributed by atoms with E-state index in [0.29, 0.717) is 11.7 Å². The molecule has 8 nitrogen and oxygen atoms in total. The van der Waals surface area contributed by atoms with Gasteiger partial charge in [-0.15, -0.1) is 10.2 Å². The average molecular weight is 497 g/mol. The molecule has 0 amide bonds. The van der Waals surface area contributed by atoms with E-state index in [0.717, 1.165) is 52.8 Å². The number of benzene rings is 2. The van der Waals surface area contributed by atoms with Crippen LogP contribution >= 0.6 is 11.8 Å². The minimum Gasteiger partial charge on any atom is -0.497 e. The molecule has 6 rings (SSSR count). The third kappa shape index (κ3) is 4.05. The van der Waals surface area contributed by atoms with Crippen molar-refractivity contribution < 1.29 is 9.26 Å². The van der Waals surface area contributed by atoms with Gasteiger partial charge in [0.2, 0.25) is 11.7 Å². The van der Waals surface area contributed by atoms with Crippen LogP contribution in [0.3, 0.4) is 0 Å². The van der Waals surface area contributed by atoms with Crippen molar-refractivity contribution in [3.8, 4) is 34.2 Å². The third-order valence-electron chi connectivity index (χ3n) is 6.48. The number of hydrogen-bond acceptors (Lipinski definition) is 8.